The van der Waals surface area contributed by atoms with Gasteiger partial charge < -0.3 is 19.3 Å². The summed E-state index contributed by atoms with van der Waals surface area (Å²) >= 11 is 0. The van der Waals surface area contributed by atoms with Crippen molar-refractivity contribution in [3.63, 3.8) is 0 Å². The van der Waals surface area contributed by atoms with Gasteiger partial charge >= 0.3 is 0 Å². The second-order valence-corrected chi connectivity index (χ2v) is 8.88. The lowest BCUT2D eigenvalue weighted by Gasteiger charge is -2.30. The molecular formula is C26H32FN3O4. The Labute approximate surface area is 199 Å². The molecule has 0 amide bonds. The molecule has 4 rings (SSSR count). The van der Waals surface area contributed by atoms with Crippen LogP contribution in [0.4, 0.5) is 4.39 Å². The molecule has 2 heterocycles. The zero-order valence-electron chi connectivity index (χ0n) is 19.7. The summed E-state index contributed by atoms with van der Waals surface area (Å²) in [5.74, 6) is 0.810. The van der Waals surface area contributed by atoms with E-state index < -0.39 is 5.60 Å². The van der Waals surface area contributed by atoms with Crippen LogP contribution >= 0.6 is 0 Å². The fraction of sp³-hybridized carbons (Fsp3) is 0.423. The SMILES string of the molecule is Cc1cc(C)n(CCOc2cccc(CN3CCOC[C@](O)(COc4cccc(F)c4)C3)c2)n1. The Morgan fingerprint density at radius 3 is 2.65 bits per heavy atom. The molecule has 0 unspecified atom stereocenters. The maximum Gasteiger partial charge on any atom is 0.134 e. The van der Waals surface area contributed by atoms with E-state index in [1.54, 1.807) is 12.1 Å². The molecule has 3 aromatic rings. The zero-order chi connectivity index (χ0) is 24.0. The van der Waals surface area contributed by atoms with Crippen molar-refractivity contribution in [2.45, 2.75) is 32.5 Å². The lowest BCUT2D eigenvalue weighted by molar-refractivity contribution is -0.0647. The topological polar surface area (TPSA) is 69.0 Å². The number of β-amino-alcohol motifs (C(OH)–C–C–N with tert-alkyl or cyclic N) is 1. The molecule has 1 atom stereocenters. The zero-order valence-corrected chi connectivity index (χ0v) is 19.7. The van der Waals surface area contributed by atoms with Gasteiger partial charge in [0.05, 0.1) is 25.5 Å². The first-order valence-corrected chi connectivity index (χ1v) is 11.5. The largest absolute Gasteiger partial charge is 0.492 e. The smallest absolute Gasteiger partial charge is 0.134 e. The highest BCUT2D eigenvalue weighted by Gasteiger charge is 2.33. The number of aromatic nitrogens is 2. The minimum absolute atomic E-state index is 0.0163. The third-order valence-corrected chi connectivity index (χ3v) is 5.72. The van der Waals surface area contributed by atoms with Gasteiger partial charge in [0, 0.05) is 31.4 Å². The molecular weight excluding hydrogens is 437 g/mol. The number of aryl methyl sites for hydroxylation is 2. The first kappa shape index (κ1) is 24.2. The van der Waals surface area contributed by atoms with Gasteiger partial charge in [0.1, 0.15) is 36.1 Å². The third kappa shape index (κ3) is 6.79. The van der Waals surface area contributed by atoms with Crippen molar-refractivity contribution in [2.24, 2.45) is 0 Å². The van der Waals surface area contributed by atoms with E-state index in [-0.39, 0.29) is 19.0 Å². The molecule has 1 N–H and O–H groups in total. The average Bonchev–Trinajstić information content (AvgIpc) is 3.00. The Morgan fingerprint density at radius 2 is 1.88 bits per heavy atom. The molecule has 1 fully saturated rings. The summed E-state index contributed by atoms with van der Waals surface area (Å²) in [7, 11) is 0. The van der Waals surface area contributed by atoms with Gasteiger partial charge in [-0.1, -0.05) is 18.2 Å². The van der Waals surface area contributed by atoms with Gasteiger partial charge in [-0.3, -0.25) is 9.58 Å². The quantitative estimate of drug-likeness (QED) is 0.518. The second-order valence-electron chi connectivity index (χ2n) is 8.88. The van der Waals surface area contributed by atoms with Crippen LogP contribution in [0, 0.1) is 19.7 Å². The molecule has 0 bridgehead atoms. The van der Waals surface area contributed by atoms with E-state index in [9.17, 15) is 9.50 Å². The highest BCUT2D eigenvalue weighted by molar-refractivity contribution is 5.28. The van der Waals surface area contributed by atoms with Gasteiger partial charge in [-0.2, -0.15) is 5.10 Å². The Hall–Kier alpha value is -2.94. The van der Waals surface area contributed by atoms with E-state index in [0.29, 0.717) is 45.1 Å². The van der Waals surface area contributed by atoms with Crippen LogP contribution in [0.5, 0.6) is 11.5 Å². The van der Waals surface area contributed by atoms with Gasteiger partial charge in [0.15, 0.2) is 0 Å². The molecule has 0 radical (unpaired) electrons. The number of hydrogen-bond acceptors (Lipinski definition) is 6. The Morgan fingerprint density at radius 1 is 1.09 bits per heavy atom. The van der Waals surface area contributed by atoms with Crippen LogP contribution in [0.1, 0.15) is 17.0 Å². The summed E-state index contributed by atoms with van der Waals surface area (Å²) < 4.78 is 32.6. The minimum atomic E-state index is -1.20. The molecule has 8 heteroatoms. The van der Waals surface area contributed by atoms with Crippen molar-refractivity contribution in [3.8, 4) is 11.5 Å². The number of aliphatic hydroxyl groups is 1. The van der Waals surface area contributed by atoms with Crippen molar-refractivity contribution in [3.05, 3.63) is 77.4 Å². The van der Waals surface area contributed by atoms with Crippen LogP contribution in [-0.2, 0) is 17.8 Å². The van der Waals surface area contributed by atoms with Crippen molar-refractivity contribution >= 4 is 0 Å². The summed E-state index contributed by atoms with van der Waals surface area (Å²) in [6.45, 7) is 7.63. The number of hydrogen-bond donors (Lipinski definition) is 1. The summed E-state index contributed by atoms with van der Waals surface area (Å²) in [6, 6.07) is 15.9. The summed E-state index contributed by atoms with van der Waals surface area (Å²) in [5.41, 5.74) is 2.00. The van der Waals surface area contributed by atoms with Crippen LogP contribution in [0.2, 0.25) is 0 Å². The lowest BCUT2D eigenvalue weighted by Crippen LogP contribution is -2.48. The van der Waals surface area contributed by atoms with E-state index in [1.165, 1.54) is 12.1 Å². The summed E-state index contributed by atoms with van der Waals surface area (Å²) in [5, 5.41) is 15.6. The Balaban J connectivity index is 1.32. The molecule has 182 valence electrons. The number of benzene rings is 2. The van der Waals surface area contributed by atoms with Crippen LogP contribution < -0.4 is 9.47 Å². The second kappa shape index (κ2) is 11.0. The van der Waals surface area contributed by atoms with Crippen molar-refractivity contribution in [1.29, 1.82) is 0 Å². The van der Waals surface area contributed by atoms with Gasteiger partial charge in [0.2, 0.25) is 0 Å². The normalized spacial score (nSPS) is 19.1. The van der Waals surface area contributed by atoms with E-state index >= 15 is 0 Å². The molecule has 1 saturated heterocycles. The highest BCUT2D eigenvalue weighted by atomic mass is 19.1. The maximum absolute atomic E-state index is 13.4. The number of rotatable bonds is 9. The Kier molecular flexibility index (Phi) is 7.82. The molecule has 0 spiro atoms. The van der Waals surface area contributed by atoms with Crippen LogP contribution in [0.15, 0.2) is 54.6 Å². The van der Waals surface area contributed by atoms with Gasteiger partial charge in [-0.15, -0.1) is 0 Å². The predicted molar refractivity (Wildman–Crippen MR) is 127 cm³/mol. The van der Waals surface area contributed by atoms with E-state index in [4.69, 9.17) is 14.2 Å². The van der Waals surface area contributed by atoms with Gasteiger partial charge in [0.25, 0.3) is 0 Å². The Bertz CT molecular complexity index is 1090. The van der Waals surface area contributed by atoms with Crippen molar-refractivity contribution < 1.29 is 23.7 Å². The fourth-order valence-corrected chi connectivity index (χ4v) is 4.14. The van der Waals surface area contributed by atoms with Gasteiger partial charge in [-0.25, -0.2) is 4.39 Å². The number of ether oxygens (including phenoxy) is 3. The first-order chi connectivity index (χ1) is 16.4. The molecule has 34 heavy (non-hydrogen) atoms. The molecule has 1 aliphatic heterocycles. The monoisotopic (exact) mass is 469 g/mol. The van der Waals surface area contributed by atoms with E-state index in [0.717, 1.165) is 22.7 Å². The van der Waals surface area contributed by atoms with Crippen molar-refractivity contribution in [2.75, 3.05) is 39.5 Å². The van der Waals surface area contributed by atoms with Gasteiger partial charge in [-0.05, 0) is 49.7 Å². The van der Waals surface area contributed by atoms with E-state index in [1.807, 2.05) is 42.8 Å². The van der Waals surface area contributed by atoms with Crippen molar-refractivity contribution in [1.82, 2.24) is 14.7 Å². The maximum atomic E-state index is 13.4. The third-order valence-electron chi connectivity index (χ3n) is 5.72. The molecule has 0 aliphatic carbocycles. The lowest BCUT2D eigenvalue weighted by atomic mass is 10.1. The molecule has 1 aliphatic rings. The van der Waals surface area contributed by atoms with Crippen LogP contribution in [0.25, 0.3) is 0 Å². The van der Waals surface area contributed by atoms with E-state index in [2.05, 4.69) is 16.1 Å². The molecule has 0 saturated carbocycles. The predicted octanol–water partition coefficient (Wildman–Crippen LogP) is 3.36. The summed E-state index contributed by atoms with van der Waals surface area (Å²) in [6.07, 6.45) is 0. The van der Waals surface area contributed by atoms with Crippen LogP contribution in [-0.4, -0.2) is 64.9 Å². The number of nitrogens with zero attached hydrogens (tertiary/aromatic N) is 3. The van der Waals surface area contributed by atoms with Crippen LogP contribution in [0.3, 0.4) is 0 Å². The molecule has 7 nitrogen and oxygen atoms in total. The standard InChI is InChI=1S/C26H32FN3O4/c1-20-13-21(2)30(28-20)10-12-33-24-7-3-5-22(14-24)16-29-9-11-32-18-26(31,17-29)19-34-25-8-4-6-23(27)15-25/h3-8,13-15,31H,9-12,16-19H2,1-2H3/t26-/m0/s1. The fourth-order valence-electron chi connectivity index (χ4n) is 4.14. The highest BCUT2D eigenvalue weighted by Crippen LogP contribution is 2.20. The average molecular weight is 470 g/mol. The number of halogens is 1. The molecule has 1 aromatic heterocycles. The minimum Gasteiger partial charge on any atom is -0.492 e. The first-order valence-electron chi connectivity index (χ1n) is 11.5. The summed E-state index contributed by atoms with van der Waals surface area (Å²) in [4.78, 5) is 2.14. The molecule has 2 aromatic carbocycles.